The van der Waals surface area contributed by atoms with Crippen LogP contribution >= 0.6 is 0 Å². The van der Waals surface area contributed by atoms with Crippen molar-refractivity contribution in [3.05, 3.63) is 78.5 Å². The first-order chi connectivity index (χ1) is 9.88. The number of allylic oxidation sites excluding steroid dienone is 1. The van der Waals surface area contributed by atoms with Crippen molar-refractivity contribution in [2.24, 2.45) is 0 Å². The Morgan fingerprint density at radius 1 is 0.850 bits per heavy atom. The fourth-order valence-corrected chi connectivity index (χ4v) is 2.27. The normalized spacial score (nSPS) is 11.5. The summed E-state index contributed by atoms with van der Waals surface area (Å²) in [6.07, 6.45) is 4.68. The number of carbonyl (C=O) groups is 1. The summed E-state index contributed by atoms with van der Waals surface area (Å²) in [6.45, 7) is 0. The Hall–Kier alpha value is -2.74. The van der Waals surface area contributed by atoms with Crippen LogP contribution in [0, 0.1) is 0 Å². The molecule has 0 saturated carbocycles. The summed E-state index contributed by atoms with van der Waals surface area (Å²) in [7, 11) is 0. The van der Waals surface area contributed by atoms with Crippen molar-refractivity contribution in [3.63, 3.8) is 0 Å². The molecule has 0 fully saturated rings. The number of hydrogen-bond acceptors (Lipinski definition) is 1. The molecule has 1 heterocycles. The number of nitrogens with zero attached hydrogens (tertiary/aromatic N) is 1. The van der Waals surface area contributed by atoms with Crippen molar-refractivity contribution >= 4 is 29.0 Å². The molecular weight excluding hydrogens is 246 g/mol. The number of para-hydroxylation sites is 1. The number of fused-ring (bicyclic) bond motifs is 1. The molecule has 0 radical (unpaired) electrons. The molecular formula is C18H14NO+. The van der Waals surface area contributed by atoms with E-state index in [1.807, 2.05) is 83.6 Å². The van der Waals surface area contributed by atoms with E-state index in [0.717, 1.165) is 22.8 Å². The van der Waals surface area contributed by atoms with Gasteiger partial charge in [0.2, 0.25) is 11.8 Å². The van der Waals surface area contributed by atoms with E-state index >= 15 is 0 Å². The highest BCUT2D eigenvalue weighted by Gasteiger charge is 2.13. The first-order valence-electron chi connectivity index (χ1n) is 6.50. The maximum absolute atomic E-state index is 11.5. The van der Waals surface area contributed by atoms with Crippen LogP contribution in [0.25, 0.3) is 22.7 Å². The van der Waals surface area contributed by atoms with E-state index < -0.39 is 0 Å². The predicted octanol–water partition coefficient (Wildman–Crippen LogP) is 3.32. The van der Waals surface area contributed by atoms with Crippen LogP contribution in [0.3, 0.4) is 0 Å². The number of aromatic nitrogens is 1. The lowest BCUT2D eigenvalue weighted by molar-refractivity contribution is -0.546. The molecule has 2 heteroatoms. The van der Waals surface area contributed by atoms with E-state index in [-0.39, 0.29) is 0 Å². The minimum absolute atomic E-state index is 0.619. The summed E-state index contributed by atoms with van der Waals surface area (Å²) in [5.74, 6) is 0. The van der Waals surface area contributed by atoms with Crippen molar-refractivity contribution in [1.29, 1.82) is 0 Å². The Labute approximate surface area is 117 Å². The SMILES string of the molecule is O=CC(=Cc1ccccc1)[n+]1cccc2ccccc21. The highest BCUT2D eigenvalue weighted by atomic mass is 16.1. The molecule has 0 spiro atoms. The molecule has 0 aliphatic carbocycles. The fourth-order valence-electron chi connectivity index (χ4n) is 2.27. The van der Waals surface area contributed by atoms with E-state index in [9.17, 15) is 4.79 Å². The Morgan fingerprint density at radius 2 is 1.55 bits per heavy atom. The van der Waals surface area contributed by atoms with Gasteiger partial charge in [-0.05, 0) is 17.7 Å². The third-order valence-corrected chi connectivity index (χ3v) is 3.22. The minimum atomic E-state index is 0.619. The molecule has 3 rings (SSSR count). The Balaban J connectivity index is 2.18. The lowest BCUT2D eigenvalue weighted by atomic mass is 10.1. The van der Waals surface area contributed by atoms with Crippen molar-refractivity contribution in [2.45, 2.75) is 0 Å². The summed E-state index contributed by atoms with van der Waals surface area (Å²) >= 11 is 0. The lowest BCUT2D eigenvalue weighted by Gasteiger charge is -2.00. The largest absolute Gasteiger partial charge is 0.291 e. The third-order valence-electron chi connectivity index (χ3n) is 3.22. The molecule has 0 bridgehead atoms. The second kappa shape index (κ2) is 5.49. The van der Waals surface area contributed by atoms with Crippen LogP contribution in [0.15, 0.2) is 72.9 Å². The molecule has 0 unspecified atom stereocenters. The van der Waals surface area contributed by atoms with Gasteiger partial charge in [-0.15, -0.1) is 0 Å². The topological polar surface area (TPSA) is 20.9 Å². The molecule has 0 saturated heterocycles. The highest BCUT2D eigenvalue weighted by molar-refractivity contribution is 6.02. The van der Waals surface area contributed by atoms with Crippen LogP contribution in [-0.2, 0) is 4.79 Å². The van der Waals surface area contributed by atoms with Crippen LogP contribution < -0.4 is 4.57 Å². The predicted molar refractivity (Wildman–Crippen MR) is 80.8 cm³/mol. The van der Waals surface area contributed by atoms with Crippen LogP contribution in [0.4, 0.5) is 0 Å². The van der Waals surface area contributed by atoms with Gasteiger partial charge in [-0.25, -0.2) is 0 Å². The maximum Gasteiger partial charge on any atom is 0.251 e. The number of benzene rings is 2. The van der Waals surface area contributed by atoms with Crippen molar-refractivity contribution in [3.8, 4) is 0 Å². The van der Waals surface area contributed by atoms with E-state index in [1.54, 1.807) is 0 Å². The highest BCUT2D eigenvalue weighted by Crippen LogP contribution is 2.11. The van der Waals surface area contributed by atoms with Crippen LogP contribution in [-0.4, -0.2) is 6.29 Å². The Kier molecular flexibility index (Phi) is 3.38. The molecule has 2 nitrogen and oxygen atoms in total. The number of carbonyl (C=O) groups excluding carboxylic acids is 1. The number of rotatable bonds is 3. The quantitative estimate of drug-likeness (QED) is 0.402. The first-order valence-corrected chi connectivity index (χ1v) is 6.50. The van der Waals surface area contributed by atoms with Gasteiger partial charge in [0, 0.05) is 23.6 Å². The molecule has 0 aliphatic heterocycles. The molecule has 0 aliphatic rings. The Bertz CT molecular complexity index is 770. The molecule has 0 N–H and O–H groups in total. The second-order valence-electron chi connectivity index (χ2n) is 4.53. The molecule has 0 amide bonds. The number of aldehydes is 1. The molecule has 1 aromatic heterocycles. The molecule has 2 aromatic carbocycles. The molecule has 96 valence electrons. The van der Waals surface area contributed by atoms with Gasteiger partial charge in [-0.2, -0.15) is 4.57 Å². The average molecular weight is 260 g/mol. The van der Waals surface area contributed by atoms with Gasteiger partial charge < -0.3 is 0 Å². The van der Waals surface area contributed by atoms with Gasteiger partial charge in [-0.3, -0.25) is 4.79 Å². The van der Waals surface area contributed by atoms with E-state index in [2.05, 4.69) is 0 Å². The zero-order valence-corrected chi connectivity index (χ0v) is 10.9. The zero-order valence-electron chi connectivity index (χ0n) is 10.9. The summed E-state index contributed by atoms with van der Waals surface area (Å²) in [6, 6.07) is 21.9. The van der Waals surface area contributed by atoms with E-state index in [1.165, 1.54) is 0 Å². The Morgan fingerprint density at radius 3 is 2.35 bits per heavy atom. The molecule has 20 heavy (non-hydrogen) atoms. The summed E-state index contributed by atoms with van der Waals surface area (Å²) < 4.78 is 1.91. The summed E-state index contributed by atoms with van der Waals surface area (Å²) in [5, 5.41) is 1.11. The van der Waals surface area contributed by atoms with Gasteiger partial charge in [0.25, 0.3) is 5.70 Å². The van der Waals surface area contributed by atoms with Gasteiger partial charge >= 0.3 is 0 Å². The summed E-state index contributed by atoms with van der Waals surface area (Å²) in [5.41, 5.74) is 2.65. The van der Waals surface area contributed by atoms with Crippen molar-refractivity contribution in [2.75, 3.05) is 0 Å². The van der Waals surface area contributed by atoms with Gasteiger partial charge in [0.1, 0.15) is 0 Å². The van der Waals surface area contributed by atoms with Crippen LogP contribution in [0.1, 0.15) is 5.56 Å². The minimum Gasteiger partial charge on any atom is -0.291 e. The lowest BCUT2D eigenvalue weighted by Crippen LogP contribution is -2.33. The molecule has 3 aromatic rings. The first kappa shape index (κ1) is 12.3. The molecule has 0 atom stereocenters. The van der Waals surface area contributed by atoms with Gasteiger partial charge in [0.05, 0.1) is 0 Å². The van der Waals surface area contributed by atoms with Crippen LogP contribution in [0.5, 0.6) is 0 Å². The van der Waals surface area contributed by atoms with Crippen LogP contribution in [0.2, 0.25) is 0 Å². The average Bonchev–Trinajstić information content (AvgIpc) is 2.53. The van der Waals surface area contributed by atoms with Gasteiger partial charge in [0.15, 0.2) is 6.20 Å². The summed E-state index contributed by atoms with van der Waals surface area (Å²) in [4.78, 5) is 11.5. The van der Waals surface area contributed by atoms with E-state index in [0.29, 0.717) is 5.70 Å². The smallest absolute Gasteiger partial charge is 0.251 e. The fraction of sp³-hybridized carbons (Fsp3) is 0. The number of hydrogen-bond donors (Lipinski definition) is 0. The van der Waals surface area contributed by atoms with Crippen molar-refractivity contribution < 1.29 is 9.36 Å². The second-order valence-corrected chi connectivity index (χ2v) is 4.53. The standard InChI is InChI=1S/C18H14NO/c20-14-17(13-15-7-2-1-3-8-15)19-12-6-10-16-9-4-5-11-18(16)19/h1-14H/q+1. The van der Waals surface area contributed by atoms with Crippen molar-refractivity contribution in [1.82, 2.24) is 0 Å². The zero-order chi connectivity index (χ0) is 13.8. The number of pyridine rings is 1. The van der Waals surface area contributed by atoms with E-state index in [4.69, 9.17) is 0 Å². The maximum atomic E-state index is 11.5. The van der Waals surface area contributed by atoms with Gasteiger partial charge in [-0.1, -0.05) is 42.5 Å². The monoisotopic (exact) mass is 260 g/mol. The third kappa shape index (κ3) is 2.36.